The van der Waals surface area contributed by atoms with Crippen LogP contribution in [0.1, 0.15) is 55.5 Å². The zero-order valence-electron chi connectivity index (χ0n) is 35.8. The van der Waals surface area contributed by atoms with Gasteiger partial charge in [-0.2, -0.15) is 0 Å². The van der Waals surface area contributed by atoms with Gasteiger partial charge in [0.05, 0.1) is 0 Å². The van der Waals surface area contributed by atoms with Crippen LogP contribution in [0.2, 0.25) is 0 Å². The molecule has 0 amide bonds. The first-order valence-electron chi connectivity index (χ1n) is 21.9. The fourth-order valence-corrected chi connectivity index (χ4v) is 11.0. The van der Waals surface area contributed by atoms with Crippen molar-refractivity contribution in [3.05, 3.63) is 210 Å². The quantitative estimate of drug-likeness (QED) is 0.175. The Kier molecular flexibility index (Phi) is 7.97. The zero-order chi connectivity index (χ0) is 41.9. The summed E-state index contributed by atoms with van der Waals surface area (Å²) in [4.78, 5) is 2.57. The van der Waals surface area contributed by atoms with Crippen LogP contribution in [-0.2, 0) is 10.8 Å². The lowest BCUT2D eigenvalue weighted by Gasteiger charge is -2.37. The van der Waals surface area contributed by atoms with Crippen LogP contribution >= 0.6 is 0 Å². The second-order valence-electron chi connectivity index (χ2n) is 18.5. The van der Waals surface area contributed by atoms with E-state index in [0.717, 1.165) is 11.4 Å². The first-order valence-corrected chi connectivity index (χ1v) is 21.9. The maximum atomic E-state index is 3.90. The molecule has 0 fully saturated rings. The predicted molar refractivity (Wildman–Crippen MR) is 264 cm³/mol. The summed E-state index contributed by atoms with van der Waals surface area (Å²) < 4.78 is 0. The standard InChI is InChI=1S/C59H46BN2/c1-36-31-47(56-42-18-10-9-17-39(42)25-30-53(56)61-40-26-23-38(24-27-40)37-15-7-6-8-16-37)57-55(32-36)62(41-28-29-45-43-19-11-13-21-48(43)58(2,3)50(45)33-41)54-35-51-46(34-52(54)60-57)44-20-12-14-22-49(44)59(51,4)5/h6-35,61H,1-5H3. The molecule has 1 aliphatic heterocycles. The number of benzene rings is 9. The topological polar surface area (TPSA) is 15.3 Å². The van der Waals surface area contributed by atoms with E-state index in [0.29, 0.717) is 0 Å². The molecule has 9 aromatic carbocycles. The van der Waals surface area contributed by atoms with Gasteiger partial charge in [0.25, 0.3) is 0 Å². The first kappa shape index (κ1) is 36.7. The van der Waals surface area contributed by atoms with E-state index in [9.17, 15) is 0 Å². The van der Waals surface area contributed by atoms with Gasteiger partial charge in [-0.05, 0) is 132 Å². The Labute approximate surface area is 365 Å². The minimum Gasteiger partial charge on any atom is -0.355 e. The maximum absolute atomic E-state index is 3.90. The van der Waals surface area contributed by atoms with E-state index in [1.807, 2.05) is 0 Å². The highest BCUT2D eigenvalue weighted by molar-refractivity contribution is 6.73. The van der Waals surface area contributed by atoms with E-state index in [4.69, 9.17) is 0 Å². The summed E-state index contributed by atoms with van der Waals surface area (Å²) in [6, 6.07) is 67.7. The largest absolute Gasteiger partial charge is 0.355 e. The van der Waals surface area contributed by atoms with Crippen molar-refractivity contribution >= 4 is 57.4 Å². The molecule has 3 heteroatoms. The van der Waals surface area contributed by atoms with E-state index >= 15 is 0 Å². The molecule has 62 heavy (non-hydrogen) atoms. The van der Waals surface area contributed by atoms with Crippen LogP contribution in [0.5, 0.6) is 0 Å². The molecular formula is C59H46BN2. The SMILES string of the molecule is Cc1cc(-c2c(Nc3ccc(-c4ccccc4)cc3)ccc3ccccc23)c2c(c1)N(c1ccc3c(c1)C(C)(C)c1ccccc1-3)c1cc3c(cc1[B]2)-c1ccccc1C3(C)C. The zero-order valence-corrected chi connectivity index (χ0v) is 35.8. The highest BCUT2D eigenvalue weighted by Crippen LogP contribution is 2.53. The van der Waals surface area contributed by atoms with Crippen LogP contribution < -0.4 is 21.1 Å². The van der Waals surface area contributed by atoms with Crippen molar-refractivity contribution in [1.29, 1.82) is 0 Å². The molecule has 2 aliphatic carbocycles. The Bertz CT molecular complexity index is 3300. The molecule has 0 aromatic heterocycles. The minimum atomic E-state index is -0.130. The number of aryl methyl sites for hydroxylation is 1. The van der Waals surface area contributed by atoms with Gasteiger partial charge < -0.3 is 10.2 Å². The van der Waals surface area contributed by atoms with E-state index in [1.54, 1.807) is 0 Å². The predicted octanol–water partition coefficient (Wildman–Crippen LogP) is 14.3. The van der Waals surface area contributed by atoms with Gasteiger partial charge in [0, 0.05) is 44.8 Å². The number of nitrogens with one attached hydrogen (secondary N) is 1. The Hall–Kier alpha value is -7.10. The molecule has 295 valence electrons. The number of nitrogens with zero attached hydrogens (tertiary/aromatic N) is 1. The van der Waals surface area contributed by atoms with Crippen molar-refractivity contribution in [3.63, 3.8) is 0 Å². The molecule has 0 saturated carbocycles. The Morgan fingerprint density at radius 2 is 1.10 bits per heavy atom. The maximum Gasteiger partial charge on any atom is 0.197 e. The van der Waals surface area contributed by atoms with Crippen LogP contribution in [0.25, 0.3) is 55.3 Å². The van der Waals surface area contributed by atoms with Gasteiger partial charge in [-0.15, -0.1) is 0 Å². The molecule has 1 N–H and O–H groups in total. The lowest BCUT2D eigenvalue weighted by molar-refractivity contribution is 0.660. The smallest absolute Gasteiger partial charge is 0.197 e. The fourth-order valence-electron chi connectivity index (χ4n) is 11.0. The number of anilines is 5. The van der Waals surface area contributed by atoms with Gasteiger partial charge >= 0.3 is 0 Å². The highest BCUT2D eigenvalue weighted by atomic mass is 15.2. The molecule has 0 atom stereocenters. The average Bonchev–Trinajstić information content (AvgIpc) is 3.66. The van der Waals surface area contributed by atoms with Crippen molar-refractivity contribution < 1.29 is 0 Å². The summed E-state index contributed by atoms with van der Waals surface area (Å²) in [5.74, 6) is 0. The third-order valence-corrected chi connectivity index (χ3v) is 14.1. The lowest BCUT2D eigenvalue weighted by atomic mass is 9.57. The van der Waals surface area contributed by atoms with Crippen molar-refractivity contribution in [2.75, 3.05) is 10.2 Å². The van der Waals surface area contributed by atoms with E-state index < -0.39 is 0 Å². The molecule has 9 aromatic rings. The van der Waals surface area contributed by atoms with Crippen LogP contribution in [0.4, 0.5) is 28.4 Å². The van der Waals surface area contributed by atoms with Crippen molar-refractivity contribution in [3.8, 4) is 44.5 Å². The van der Waals surface area contributed by atoms with Gasteiger partial charge in [-0.1, -0.05) is 173 Å². The van der Waals surface area contributed by atoms with E-state index in [-0.39, 0.29) is 10.8 Å². The second kappa shape index (κ2) is 13.5. The second-order valence-corrected chi connectivity index (χ2v) is 18.5. The number of fused-ring (bicyclic) bond motifs is 9. The Balaban J connectivity index is 1.08. The normalized spacial score (nSPS) is 14.6. The van der Waals surface area contributed by atoms with Crippen LogP contribution in [-0.4, -0.2) is 7.28 Å². The van der Waals surface area contributed by atoms with Crippen molar-refractivity contribution in [1.82, 2.24) is 0 Å². The molecule has 1 radical (unpaired) electrons. The first-order chi connectivity index (χ1) is 30.1. The summed E-state index contributed by atoms with van der Waals surface area (Å²) >= 11 is 0. The lowest BCUT2D eigenvalue weighted by Crippen LogP contribution is -2.41. The third kappa shape index (κ3) is 5.44. The minimum absolute atomic E-state index is 0.127. The highest BCUT2D eigenvalue weighted by Gasteiger charge is 2.40. The molecule has 0 saturated heterocycles. The molecule has 2 nitrogen and oxygen atoms in total. The molecule has 0 spiro atoms. The third-order valence-electron chi connectivity index (χ3n) is 14.1. The summed E-state index contributed by atoms with van der Waals surface area (Å²) in [6.45, 7) is 11.8. The van der Waals surface area contributed by atoms with Gasteiger partial charge in [-0.25, -0.2) is 0 Å². The van der Waals surface area contributed by atoms with E-state index in [2.05, 4.69) is 234 Å². The van der Waals surface area contributed by atoms with Crippen LogP contribution in [0.15, 0.2) is 182 Å². The summed E-state index contributed by atoms with van der Waals surface area (Å²) in [5.41, 5.74) is 24.8. The molecule has 0 unspecified atom stereocenters. The summed E-state index contributed by atoms with van der Waals surface area (Å²) in [7, 11) is 2.47. The van der Waals surface area contributed by atoms with Gasteiger partial charge in [-0.3, -0.25) is 0 Å². The summed E-state index contributed by atoms with van der Waals surface area (Å²) in [6.07, 6.45) is 0. The van der Waals surface area contributed by atoms with Gasteiger partial charge in [0.1, 0.15) is 0 Å². The molecular weight excluding hydrogens is 747 g/mol. The molecule has 12 rings (SSSR count). The van der Waals surface area contributed by atoms with Crippen molar-refractivity contribution in [2.45, 2.75) is 45.4 Å². The molecule has 0 bridgehead atoms. The molecule has 1 heterocycles. The van der Waals surface area contributed by atoms with Gasteiger partial charge in [0.15, 0.2) is 7.28 Å². The molecule has 3 aliphatic rings. The number of hydrogen-bond donors (Lipinski definition) is 1. The number of rotatable bonds is 5. The monoisotopic (exact) mass is 793 g/mol. The van der Waals surface area contributed by atoms with E-state index in [1.165, 1.54) is 111 Å². The van der Waals surface area contributed by atoms with Crippen LogP contribution in [0, 0.1) is 6.92 Å². The number of hydrogen-bond acceptors (Lipinski definition) is 2. The Morgan fingerprint density at radius 3 is 1.85 bits per heavy atom. The van der Waals surface area contributed by atoms with Crippen LogP contribution in [0.3, 0.4) is 0 Å². The Morgan fingerprint density at radius 1 is 0.468 bits per heavy atom. The van der Waals surface area contributed by atoms with Crippen molar-refractivity contribution in [2.24, 2.45) is 0 Å². The fraction of sp³-hybridized carbons (Fsp3) is 0.119. The summed E-state index contributed by atoms with van der Waals surface area (Å²) in [5, 5.41) is 6.34. The van der Waals surface area contributed by atoms with Gasteiger partial charge in [0.2, 0.25) is 0 Å². The average molecular weight is 794 g/mol.